The minimum Gasteiger partial charge on any atom is -0.394 e. The van der Waals surface area contributed by atoms with Crippen LogP contribution < -0.4 is 0 Å². The molecule has 0 radical (unpaired) electrons. The summed E-state index contributed by atoms with van der Waals surface area (Å²) in [5.74, 6) is 0. The van der Waals surface area contributed by atoms with Gasteiger partial charge in [-0.05, 0) is 0 Å². The van der Waals surface area contributed by atoms with E-state index in [0.717, 1.165) is 0 Å². The molecule has 1 saturated heterocycles. The van der Waals surface area contributed by atoms with Crippen LogP contribution in [0, 0.1) is 0 Å². The van der Waals surface area contributed by atoms with Crippen molar-refractivity contribution < 1.29 is 60.6 Å². The summed E-state index contributed by atoms with van der Waals surface area (Å²) in [5, 5.41) is 88.2. The van der Waals surface area contributed by atoms with E-state index in [1.807, 2.05) is 0 Å². The summed E-state index contributed by atoms with van der Waals surface area (Å²) < 4.78 is 4.58. The van der Waals surface area contributed by atoms with E-state index < -0.39 is 68.3 Å². The van der Waals surface area contributed by atoms with Crippen LogP contribution in [0.15, 0.2) is 0 Å². The van der Waals surface area contributed by atoms with Crippen LogP contribution in [0.3, 0.4) is 0 Å². The van der Waals surface area contributed by atoms with E-state index in [2.05, 4.69) is 4.74 Å². The molecule has 0 aliphatic carbocycles. The molecule has 0 spiro atoms. The molecule has 4 unspecified atom stereocenters. The third-order valence-electron chi connectivity index (χ3n) is 3.29. The fourth-order valence-corrected chi connectivity index (χ4v) is 1.70. The number of aliphatic hydroxyl groups excluding tert-OH is 10. The molecule has 0 aromatic rings. The Kier molecular flexibility index (Phi) is 10.6. The van der Waals surface area contributed by atoms with E-state index in [1.54, 1.807) is 0 Å². The van der Waals surface area contributed by atoms with Crippen LogP contribution in [-0.4, -0.2) is 126 Å². The fourth-order valence-electron chi connectivity index (χ4n) is 1.70. The summed E-state index contributed by atoms with van der Waals surface area (Å²) in [6.07, 6.45) is -13.9. The molecule has 0 aromatic heterocycles. The van der Waals surface area contributed by atoms with Gasteiger partial charge in [0, 0.05) is 0 Å². The SMILES string of the molecule is O=CC(O)C(O)C(O)C(O)CO.OC[C@H]1O[C@@H](O)[C@H](O)[C@@H](O)[C@H]1O. The normalized spacial score (nSPS) is 35.2. The molecule has 12 heteroatoms. The Morgan fingerprint density at radius 3 is 1.83 bits per heavy atom. The molecular weight excluding hydrogens is 336 g/mol. The number of carbonyl (C=O) groups is 1. The molecule has 10 N–H and O–H groups in total. The van der Waals surface area contributed by atoms with Crippen LogP contribution in [-0.2, 0) is 9.53 Å². The van der Waals surface area contributed by atoms with E-state index in [4.69, 9.17) is 51.1 Å². The van der Waals surface area contributed by atoms with Crippen LogP contribution in [0.1, 0.15) is 0 Å². The first kappa shape index (κ1) is 23.2. The van der Waals surface area contributed by atoms with Gasteiger partial charge in [0.15, 0.2) is 12.6 Å². The second kappa shape index (κ2) is 11.0. The minimum atomic E-state index is -1.79. The van der Waals surface area contributed by atoms with E-state index in [0.29, 0.717) is 0 Å². The van der Waals surface area contributed by atoms with Crippen LogP contribution in [0.2, 0.25) is 0 Å². The Labute approximate surface area is 136 Å². The largest absolute Gasteiger partial charge is 0.394 e. The predicted octanol–water partition coefficient (Wildman–Crippen LogP) is -6.60. The van der Waals surface area contributed by atoms with Crippen molar-refractivity contribution in [2.45, 2.75) is 55.1 Å². The molecule has 9 atom stereocenters. The van der Waals surface area contributed by atoms with Crippen LogP contribution in [0.25, 0.3) is 0 Å². The van der Waals surface area contributed by atoms with Crippen molar-refractivity contribution in [3.63, 3.8) is 0 Å². The zero-order valence-electron chi connectivity index (χ0n) is 12.5. The van der Waals surface area contributed by atoms with Gasteiger partial charge in [0.05, 0.1) is 13.2 Å². The zero-order valence-corrected chi connectivity index (χ0v) is 12.5. The van der Waals surface area contributed by atoms with Gasteiger partial charge in [0.1, 0.15) is 48.8 Å². The van der Waals surface area contributed by atoms with E-state index in [1.165, 1.54) is 0 Å². The second-order valence-electron chi connectivity index (χ2n) is 5.08. The Hall–Kier alpha value is -0.770. The van der Waals surface area contributed by atoms with Crippen molar-refractivity contribution in [3.05, 3.63) is 0 Å². The van der Waals surface area contributed by atoms with Gasteiger partial charge in [0.2, 0.25) is 0 Å². The average Bonchev–Trinajstić information content (AvgIpc) is 2.60. The van der Waals surface area contributed by atoms with Crippen LogP contribution in [0.5, 0.6) is 0 Å². The first-order valence-electron chi connectivity index (χ1n) is 6.89. The maximum atomic E-state index is 9.90. The Morgan fingerprint density at radius 1 is 0.875 bits per heavy atom. The summed E-state index contributed by atoms with van der Waals surface area (Å²) in [7, 11) is 0. The number of aldehydes is 1. The molecule has 1 aliphatic heterocycles. The zero-order chi connectivity index (χ0) is 19.0. The van der Waals surface area contributed by atoms with E-state index in [-0.39, 0.29) is 6.29 Å². The monoisotopic (exact) mass is 360 g/mol. The number of carbonyl (C=O) groups excluding carboxylic acids is 1. The Bertz CT molecular complexity index is 350. The number of aliphatic hydroxyl groups is 10. The number of ether oxygens (including phenoxy) is 1. The van der Waals surface area contributed by atoms with Gasteiger partial charge in [-0.2, -0.15) is 0 Å². The lowest BCUT2D eigenvalue weighted by Crippen LogP contribution is -2.58. The topological polar surface area (TPSA) is 229 Å². The average molecular weight is 360 g/mol. The quantitative estimate of drug-likeness (QED) is 0.199. The van der Waals surface area contributed by atoms with E-state index in [9.17, 15) is 4.79 Å². The van der Waals surface area contributed by atoms with Crippen molar-refractivity contribution in [2.75, 3.05) is 13.2 Å². The highest BCUT2D eigenvalue weighted by Gasteiger charge is 2.42. The third kappa shape index (κ3) is 6.27. The molecule has 12 nitrogen and oxygen atoms in total. The lowest BCUT2D eigenvalue weighted by molar-refractivity contribution is -0.286. The number of hydrogen-bond donors (Lipinski definition) is 10. The lowest BCUT2D eigenvalue weighted by atomic mass is 10.00. The van der Waals surface area contributed by atoms with E-state index >= 15 is 0 Å². The Balaban J connectivity index is 0.000000441. The molecule has 0 amide bonds. The first-order valence-corrected chi connectivity index (χ1v) is 6.89. The highest BCUT2D eigenvalue weighted by Crippen LogP contribution is 2.19. The fraction of sp³-hybridized carbons (Fsp3) is 0.917. The van der Waals surface area contributed by atoms with Gasteiger partial charge in [-0.25, -0.2) is 0 Å². The summed E-state index contributed by atoms with van der Waals surface area (Å²) >= 11 is 0. The molecule has 1 aliphatic rings. The summed E-state index contributed by atoms with van der Waals surface area (Å²) in [6, 6.07) is 0. The number of rotatable bonds is 6. The lowest BCUT2D eigenvalue weighted by Gasteiger charge is -2.37. The standard InChI is InChI=1S/2C6H12O6/c7-1-2-3(8)4(9)5(10)6(11)12-2;7-1-3(9)5(11)6(12)4(10)2-8/h2-11H,1H2;1,3-6,8-12H,2H2/t2-,3+,4+,5-,6-;/m1./s1. The molecule has 0 aromatic carbocycles. The molecule has 1 heterocycles. The van der Waals surface area contributed by atoms with Crippen LogP contribution in [0.4, 0.5) is 0 Å². The minimum absolute atomic E-state index is 0.0258. The van der Waals surface area contributed by atoms with Gasteiger partial charge in [0.25, 0.3) is 0 Å². The second-order valence-corrected chi connectivity index (χ2v) is 5.08. The third-order valence-corrected chi connectivity index (χ3v) is 3.29. The first-order chi connectivity index (χ1) is 11.1. The van der Waals surface area contributed by atoms with Crippen molar-refractivity contribution in [3.8, 4) is 0 Å². The molecule has 144 valence electrons. The van der Waals surface area contributed by atoms with Gasteiger partial charge < -0.3 is 60.6 Å². The maximum absolute atomic E-state index is 9.90. The Morgan fingerprint density at radius 2 is 1.42 bits per heavy atom. The highest BCUT2D eigenvalue weighted by molar-refractivity contribution is 5.56. The molecule has 24 heavy (non-hydrogen) atoms. The van der Waals surface area contributed by atoms with Crippen molar-refractivity contribution in [1.82, 2.24) is 0 Å². The summed E-state index contributed by atoms with van der Waals surface area (Å²) in [5.41, 5.74) is 0. The van der Waals surface area contributed by atoms with Gasteiger partial charge in [-0.1, -0.05) is 0 Å². The van der Waals surface area contributed by atoms with Gasteiger partial charge in [-0.3, -0.25) is 0 Å². The molecule has 1 rings (SSSR count). The highest BCUT2D eigenvalue weighted by atomic mass is 16.6. The predicted molar refractivity (Wildman–Crippen MR) is 73.2 cm³/mol. The molecule has 1 fully saturated rings. The maximum Gasteiger partial charge on any atom is 0.184 e. The van der Waals surface area contributed by atoms with Crippen molar-refractivity contribution in [1.29, 1.82) is 0 Å². The van der Waals surface area contributed by atoms with Crippen molar-refractivity contribution in [2.24, 2.45) is 0 Å². The summed E-state index contributed by atoms with van der Waals surface area (Å²) in [4.78, 5) is 9.90. The van der Waals surface area contributed by atoms with Gasteiger partial charge >= 0.3 is 0 Å². The summed E-state index contributed by atoms with van der Waals surface area (Å²) in [6.45, 7) is -1.29. The molecular formula is C12H24O12. The molecule has 0 bridgehead atoms. The van der Waals surface area contributed by atoms with Gasteiger partial charge in [-0.15, -0.1) is 0 Å². The number of hydrogen-bond acceptors (Lipinski definition) is 12. The smallest absolute Gasteiger partial charge is 0.184 e. The van der Waals surface area contributed by atoms with Crippen molar-refractivity contribution >= 4 is 6.29 Å². The molecule has 0 saturated carbocycles. The van der Waals surface area contributed by atoms with Crippen LogP contribution >= 0.6 is 0 Å².